The number of hydrogen-bond donors (Lipinski definition) is 3. The highest BCUT2D eigenvalue weighted by molar-refractivity contribution is 7.54. The van der Waals surface area contributed by atoms with Crippen LogP contribution in [0.15, 0.2) is 24.3 Å². The van der Waals surface area contributed by atoms with Crippen molar-refractivity contribution in [3.63, 3.8) is 0 Å². The Hall–Kier alpha value is -0.730. The molecule has 2 unspecified atom stereocenters. The minimum Gasteiger partial charge on any atom is -0.394 e. The van der Waals surface area contributed by atoms with Gasteiger partial charge in [-0.15, -0.1) is 4.52 Å². The van der Waals surface area contributed by atoms with Gasteiger partial charge < -0.3 is 24.4 Å². The maximum Gasteiger partial charge on any atom is 0.616 e. The number of aliphatic hydroxyl groups is 3. The zero-order chi connectivity index (χ0) is 23.5. The first-order valence-electron chi connectivity index (χ1n) is 10.4. The lowest BCUT2D eigenvalue weighted by Crippen LogP contribution is -2.54. The molecule has 0 fully saturated rings. The van der Waals surface area contributed by atoms with Crippen LogP contribution in [0.25, 0.3) is 0 Å². The number of benzene rings is 1. The summed E-state index contributed by atoms with van der Waals surface area (Å²) in [5.74, 6) is 0. The molecule has 1 aromatic carbocycles. The molecule has 0 radical (unpaired) electrons. The molecule has 31 heavy (non-hydrogen) atoms. The van der Waals surface area contributed by atoms with Gasteiger partial charge in [-0.1, -0.05) is 35.9 Å². The van der Waals surface area contributed by atoms with E-state index in [1.54, 1.807) is 20.8 Å². The molecular formula is C20H36NO8P2+. The van der Waals surface area contributed by atoms with Crippen molar-refractivity contribution in [3.05, 3.63) is 35.4 Å². The monoisotopic (exact) mass is 480 g/mol. The molecule has 0 aliphatic heterocycles. The molecule has 1 rings (SSSR count). The van der Waals surface area contributed by atoms with Crippen LogP contribution in [0.3, 0.4) is 0 Å². The van der Waals surface area contributed by atoms with Crippen LogP contribution in [0.2, 0.25) is 0 Å². The summed E-state index contributed by atoms with van der Waals surface area (Å²) in [7, 11) is -5.60. The van der Waals surface area contributed by atoms with Crippen molar-refractivity contribution in [1.82, 2.24) is 4.67 Å². The van der Waals surface area contributed by atoms with E-state index in [1.807, 2.05) is 31.2 Å². The molecule has 178 valence electrons. The molecule has 9 nitrogen and oxygen atoms in total. The van der Waals surface area contributed by atoms with Gasteiger partial charge in [0.25, 0.3) is 0 Å². The van der Waals surface area contributed by atoms with Crippen LogP contribution in [0, 0.1) is 0 Å². The third kappa shape index (κ3) is 7.67. The Bertz CT molecular complexity index is 693. The maximum atomic E-state index is 12.9. The fourth-order valence-corrected chi connectivity index (χ4v) is 5.94. The molecule has 0 bridgehead atoms. The highest BCUT2D eigenvalue weighted by Crippen LogP contribution is 2.53. The molecular weight excluding hydrogens is 444 g/mol. The summed E-state index contributed by atoms with van der Waals surface area (Å²) < 4.78 is 42.8. The number of aliphatic hydroxyl groups excluding tert-OH is 3. The molecule has 11 heteroatoms. The standard InChI is InChI=1S/C20H36NO8P2/c1-5-27-30(25)21(20(14-22,15-23)16-24)13-19-10-8-18(9-11-19)12-17(4)31(26,28-6-2)29-7-3/h8-11,17,22-24H,5-7,12-16H2,1-4H3/q+1. The van der Waals surface area contributed by atoms with Gasteiger partial charge in [-0.05, 0) is 42.9 Å². The minimum absolute atomic E-state index is 0.0864. The van der Waals surface area contributed by atoms with Gasteiger partial charge >= 0.3 is 15.8 Å². The average molecular weight is 480 g/mol. The van der Waals surface area contributed by atoms with Crippen LogP contribution < -0.4 is 0 Å². The lowest BCUT2D eigenvalue weighted by molar-refractivity contribution is -0.0143. The van der Waals surface area contributed by atoms with Gasteiger partial charge in [-0.25, -0.2) is 0 Å². The summed E-state index contributed by atoms with van der Waals surface area (Å²) >= 11 is 0. The quantitative estimate of drug-likeness (QED) is 0.306. The summed E-state index contributed by atoms with van der Waals surface area (Å²) in [6.45, 7) is 6.16. The molecule has 0 amide bonds. The highest BCUT2D eigenvalue weighted by Gasteiger charge is 2.48. The maximum absolute atomic E-state index is 12.9. The average Bonchev–Trinajstić information content (AvgIpc) is 2.76. The fourth-order valence-electron chi connectivity index (χ4n) is 3.03. The van der Waals surface area contributed by atoms with E-state index in [4.69, 9.17) is 13.6 Å². The lowest BCUT2D eigenvalue weighted by Gasteiger charge is -2.31. The van der Waals surface area contributed by atoms with Gasteiger partial charge in [0, 0.05) is 0 Å². The van der Waals surface area contributed by atoms with Crippen LogP contribution in [-0.4, -0.2) is 70.8 Å². The molecule has 3 N–H and O–H groups in total. The molecule has 0 aromatic heterocycles. The van der Waals surface area contributed by atoms with Crippen molar-refractivity contribution in [2.75, 3.05) is 39.6 Å². The first-order chi connectivity index (χ1) is 14.8. The van der Waals surface area contributed by atoms with Gasteiger partial charge in [0.15, 0.2) is 0 Å². The zero-order valence-electron chi connectivity index (χ0n) is 18.8. The van der Waals surface area contributed by atoms with Crippen LogP contribution in [0.5, 0.6) is 0 Å². The second-order valence-electron chi connectivity index (χ2n) is 7.16. The van der Waals surface area contributed by atoms with Crippen molar-refractivity contribution >= 4 is 15.8 Å². The Kier molecular flexibility index (Phi) is 12.5. The molecule has 0 aliphatic rings. The normalized spacial score (nSPS) is 14.1. The van der Waals surface area contributed by atoms with Crippen molar-refractivity contribution < 1.29 is 38.0 Å². The molecule has 0 saturated carbocycles. The molecule has 0 spiro atoms. The summed E-state index contributed by atoms with van der Waals surface area (Å²) in [4.78, 5) is 0. The zero-order valence-corrected chi connectivity index (χ0v) is 20.6. The van der Waals surface area contributed by atoms with E-state index in [-0.39, 0.29) is 18.8 Å². The number of hydrogen-bond acceptors (Lipinski definition) is 8. The molecule has 0 saturated heterocycles. The van der Waals surface area contributed by atoms with Crippen LogP contribution in [-0.2, 0) is 35.7 Å². The van der Waals surface area contributed by atoms with Crippen molar-refractivity contribution in [1.29, 1.82) is 0 Å². The number of nitrogens with zero attached hydrogens (tertiary/aromatic N) is 1. The second-order valence-corrected chi connectivity index (χ2v) is 10.9. The molecule has 1 aromatic rings. The Morgan fingerprint density at radius 3 is 1.87 bits per heavy atom. The van der Waals surface area contributed by atoms with Crippen molar-refractivity contribution in [2.45, 2.75) is 51.9 Å². The smallest absolute Gasteiger partial charge is 0.394 e. The second kappa shape index (κ2) is 13.7. The van der Waals surface area contributed by atoms with Crippen LogP contribution >= 0.6 is 15.8 Å². The van der Waals surface area contributed by atoms with Gasteiger partial charge in [-0.3, -0.25) is 4.57 Å². The summed E-state index contributed by atoms with van der Waals surface area (Å²) in [6.07, 6.45) is 0.488. The Morgan fingerprint density at radius 2 is 1.45 bits per heavy atom. The van der Waals surface area contributed by atoms with Gasteiger partial charge in [-0.2, -0.15) is 0 Å². The van der Waals surface area contributed by atoms with Gasteiger partial charge in [0.2, 0.25) is 0 Å². The first kappa shape index (κ1) is 28.3. The SMILES string of the molecule is CCO[P+](=O)N(Cc1ccc(CC(C)P(=O)(OCC)OCC)cc1)C(CO)(CO)CO. The third-order valence-electron chi connectivity index (χ3n) is 4.91. The first-order valence-corrected chi connectivity index (χ1v) is 13.2. The predicted molar refractivity (Wildman–Crippen MR) is 119 cm³/mol. The van der Waals surface area contributed by atoms with E-state index in [2.05, 4.69) is 0 Å². The minimum atomic E-state index is -3.21. The summed E-state index contributed by atoms with van der Waals surface area (Å²) in [5.41, 5.74) is -0.142. The largest absolute Gasteiger partial charge is 0.616 e. The summed E-state index contributed by atoms with van der Waals surface area (Å²) in [6, 6.07) is 7.34. The van der Waals surface area contributed by atoms with Crippen molar-refractivity contribution in [2.24, 2.45) is 0 Å². The van der Waals surface area contributed by atoms with Crippen LogP contribution in [0.4, 0.5) is 0 Å². The Morgan fingerprint density at radius 1 is 0.968 bits per heavy atom. The van der Waals surface area contributed by atoms with Gasteiger partial charge in [0.05, 0.1) is 45.2 Å². The van der Waals surface area contributed by atoms with E-state index in [1.165, 1.54) is 4.67 Å². The highest BCUT2D eigenvalue weighted by atomic mass is 31.2. The van der Waals surface area contributed by atoms with E-state index in [0.29, 0.717) is 19.6 Å². The van der Waals surface area contributed by atoms with E-state index >= 15 is 0 Å². The van der Waals surface area contributed by atoms with E-state index in [0.717, 1.165) is 11.1 Å². The fraction of sp³-hybridized carbons (Fsp3) is 0.700. The van der Waals surface area contributed by atoms with Crippen LogP contribution in [0.1, 0.15) is 38.8 Å². The lowest BCUT2D eigenvalue weighted by atomic mass is 10.0. The van der Waals surface area contributed by atoms with Gasteiger partial charge in [0.1, 0.15) is 12.1 Å². The predicted octanol–water partition coefficient (Wildman–Crippen LogP) is 3.10. The van der Waals surface area contributed by atoms with Crippen molar-refractivity contribution in [3.8, 4) is 0 Å². The Balaban J connectivity index is 3.02. The Labute approximate surface area is 185 Å². The summed E-state index contributed by atoms with van der Waals surface area (Å²) in [5, 5.41) is 29.3. The number of rotatable bonds is 16. The molecule has 0 aliphatic carbocycles. The topological polar surface area (TPSA) is 126 Å². The van der Waals surface area contributed by atoms with E-state index in [9.17, 15) is 24.4 Å². The molecule has 0 heterocycles. The molecule has 2 atom stereocenters. The third-order valence-corrected chi connectivity index (χ3v) is 8.85. The van der Waals surface area contributed by atoms with E-state index < -0.39 is 41.1 Å².